The second-order valence-electron chi connectivity index (χ2n) is 5.23. The molecule has 2 rings (SSSR count). The summed E-state index contributed by atoms with van der Waals surface area (Å²) in [7, 11) is 0. The smallest absolute Gasteiger partial charge is 0.0439 e. The SMILES string of the molecule is Cc1cccc(CCC(N)Cc2cc(Cl)ccc2Cl)c1. The summed E-state index contributed by atoms with van der Waals surface area (Å²) in [5.74, 6) is 0. The Hall–Kier alpha value is -1.02. The Bertz CT molecular complexity index is 581. The predicted octanol–water partition coefficient (Wildman–Crippen LogP) is 4.80. The highest BCUT2D eigenvalue weighted by Gasteiger charge is 2.08. The van der Waals surface area contributed by atoms with Gasteiger partial charge in [0.25, 0.3) is 0 Å². The fourth-order valence-electron chi connectivity index (χ4n) is 2.30. The minimum absolute atomic E-state index is 0.0893. The van der Waals surface area contributed by atoms with Gasteiger partial charge in [-0.1, -0.05) is 53.0 Å². The number of halogens is 2. The van der Waals surface area contributed by atoms with E-state index in [-0.39, 0.29) is 6.04 Å². The molecule has 20 heavy (non-hydrogen) atoms. The molecule has 2 aromatic rings. The fraction of sp³-hybridized carbons (Fsp3) is 0.294. The summed E-state index contributed by atoms with van der Waals surface area (Å²) in [4.78, 5) is 0. The first-order valence-corrected chi connectivity index (χ1v) is 7.55. The number of hydrogen-bond donors (Lipinski definition) is 1. The maximum Gasteiger partial charge on any atom is 0.0439 e. The number of nitrogens with two attached hydrogens (primary N) is 1. The Kier molecular flexibility index (Phi) is 5.47. The van der Waals surface area contributed by atoms with E-state index in [0.29, 0.717) is 5.02 Å². The average Bonchev–Trinajstić information content (AvgIpc) is 2.41. The van der Waals surface area contributed by atoms with Crippen molar-refractivity contribution >= 4 is 23.2 Å². The van der Waals surface area contributed by atoms with Gasteiger partial charge in [0.05, 0.1) is 0 Å². The van der Waals surface area contributed by atoms with Crippen LogP contribution in [0.1, 0.15) is 23.1 Å². The van der Waals surface area contributed by atoms with Crippen LogP contribution in [0.4, 0.5) is 0 Å². The Morgan fingerprint density at radius 3 is 2.65 bits per heavy atom. The maximum absolute atomic E-state index is 6.21. The van der Waals surface area contributed by atoms with Gasteiger partial charge >= 0.3 is 0 Å². The van der Waals surface area contributed by atoms with Gasteiger partial charge in [0.1, 0.15) is 0 Å². The quantitative estimate of drug-likeness (QED) is 0.843. The molecule has 0 spiro atoms. The predicted molar refractivity (Wildman–Crippen MR) is 87.6 cm³/mol. The van der Waals surface area contributed by atoms with E-state index in [1.54, 1.807) is 6.07 Å². The third-order valence-corrected chi connectivity index (χ3v) is 3.98. The number of hydrogen-bond acceptors (Lipinski definition) is 1. The van der Waals surface area contributed by atoms with Crippen molar-refractivity contribution in [3.05, 3.63) is 69.2 Å². The van der Waals surface area contributed by atoms with Gasteiger partial charge in [0.2, 0.25) is 0 Å². The highest BCUT2D eigenvalue weighted by atomic mass is 35.5. The van der Waals surface area contributed by atoms with Crippen LogP contribution in [-0.2, 0) is 12.8 Å². The third kappa shape index (κ3) is 4.52. The van der Waals surface area contributed by atoms with Crippen LogP contribution in [0.2, 0.25) is 10.0 Å². The van der Waals surface area contributed by atoms with E-state index >= 15 is 0 Å². The van der Waals surface area contributed by atoms with Crippen molar-refractivity contribution in [2.45, 2.75) is 32.2 Å². The summed E-state index contributed by atoms with van der Waals surface area (Å²) in [6.45, 7) is 2.11. The topological polar surface area (TPSA) is 26.0 Å². The first-order valence-electron chi connectivity index (χ1n) is 6.79. The van der Waals surface area contributed by atoms with Crippen molar-refractivity contribution in [3.8, 4) is 0 Å². The molecule has 0 aromatic heterocycles. The lowest BCUT2D eigenvalue weighted by molar-refractivity contribution is 0.610. The van der Waals surface area contributed by atoms with Gasteiger partial charge in [-0.3, -0.25) is 0 Å². The summed E-state index contributed by atoms with van der Waals surface area (Å²) in [6.07, 6.45) is 2.68. The molecule has 0 aliphatic carbocycles. The molecule has 0 fully saturated rings. The third-order valence-electron chi connectivity index (χ3n) is 3.38. The zero-order chi connectivity index (χ0) is 14.5. The summed E-state index contributed by atoms with van der Waals surface area (Å²) < 4.78 is 0. The zero-order valence-corrected chi connectivity index (χ0v) is 13.1. The van der Waals surface area contributed by atoms with Crippen LogP contribution in [0.5, 0.6) is 0 Å². The van der Waals surface area contributed by atoms with E-state index < -0.39 is 0 Å². The molecule has 2 N–H and O–H groups in total. The largest absolute Gasteiger partial charge is 0.327 e. The van der Waals surface area contributed by atoms with E-state index in [9.17, 15) is 0 Å². The van der Waals surface area contributed by atoms with E-state index in [0.717, 1.165) is 29.8 Å². The molecule has 2 aromatic carbocycles. The minimum Gasteiger partial charge on any atom is -0.327 e. The van der Waals surface area contributed by atoms with Crippen molar-refractivity contribution in [1.29, 1.82) is 0 Å². The molecule has 0 radical (unpaired) electrons. The van der Waals surface area contributed by atoms with Crippen LogP contribution in [0.25, 0.3) is 0 Å². The first kappa shape index (κ1) is 15.4. The van der Waals surface area contributed by atoms with Gasteiger partial charge in [-0.15, -0.1) is 0 Å². The number of rotatable bonds is 5. The van der Waals surface area contributed by atoms with Gasteiger partial charge in [0, 0.05) is 16.1 Å². The van der Waals surface area contributed by atoms with Crippen LogP contribution in [0, 0.1) is 6.92 Å². The highest BCUT2D eigenvalue weighted by Crippen LogP contribution is 2.22. The molecule has 1 atom stereocenters. The molecular formula is C17H19Cl2N. The molecule has 0 saturated heterocycles. The summed E-state index contributed by atoms with van der Waals surface area (Å²) in [5, 5.41) is 1.44. The van der Waals surface area contributed by atoms with Crippen molar-refractivity contribution in [3.63, 3.8) is 0 Å². The Morgan fingerprint density at radius 1 is 1.10 bits per heavy atom. The van der Waals surface area contributed by atoms with Crippen molar-refractivity contribution in [2.24, 2.45) is 5.73 Å². The second kappa shape index (κ2) is 7.12. The highest BCUT2D eigenvalue weighted by molar-refractivity contribution is 6.33. The average molecular weight is 308 g/mol. The summed E-state index contributed by atoms with van der Waals surface area (Å²) in [5.41, 5.74) is 9.85. The van der Waals surface area contributed by atoms with Crippen LogP contribution in [0.15, 0.2) is 42.5 Å². The van der Waals surface area contributed by atoms with E-state index in [2.05, 4.69) is 31.2 Å². The van der Waals surface area contributed by atoms with Crippen LogP contribution >= 0.6 is 23.2 Å². The van der Waals surface area contributed by atoms with Gasteiger partial charge in [-0.2, -0.15) is 0 Å². The zero-order valence-electron chi connectivity index (χ0n) is 11.6. The Balaban J connectivity index is 1.92. The molecule has 0 aliphatic heterocycles. The lowest BCUT2D eigenvalue weighted by Crippen LogP contribution is -2.23. The van der Waals surface area contributed by atoms with Gasteiger partial charge in [0.15, 0.2) is 0 Å². The molecule has 106 valence electrons. The van der Waals surface area contributed by atoms with Crippen LogP contribution in [-0.4, -0.2) is 6.04 Å². The minimum atomic E-state index is 0.0893. The molecule has 0 saturated carbocycles. The number of aryl methyl sites for hydroxylation is 2. The normalized spacial score (nSPS) is 12.4. The molecule has 0 amide bonds. The molecule has 3 heteroatoms. The number of benzene rings is 2. The molecule has 1 unspecified atom stereocenters. The summed E-state index contributed by atoms with van der Waals surface area (Å²) in [6, 6.07) is 14.2. The lowest BCUT2D eigenvalue weighted by Gasteiger charge is -2.13. The lowest BCUT2D eigenvalue weighted by atomic mass is 9.99. The van der Waals surface area contributed by atoms with Gasteiger partial charge in [-0.05, 0) is 55.5 Å². The molecule has 0 bridgehead atoms. The maximum atomic E-state index is 6.21. The van der Waals surface area contributed by atoms with Gasteiger partial charge in [-0.25, -0.2) is 0 Å². The van der Waals surface area contributed by atoms with Gasteiger partial charge < -0.3 is 5.73 Å². The Labute approximate surface area is 130 Å². The second-order valence-corrected chi connectivity index (χ2v) is 6.07. The van der Waals surface area contributed by atoms with Crippen LogP contribution < -0.4 is 5.73 Å². The molecule has 0 aliphatic rings. The van der Waals surface area contributed by atoms with Crippen LogP contribution in [0.3, 0.4) is 0 Å². The van der Waals surface area contributed by atoms with E-state index in [1.807, 2.05) is 12.1 Å². The van der Waals surface area contributed by atoms with Crippen molar-refractivity contribution in [2.75, 3.05) is 0 Å². The fourth-order valence-corrected chi connectivity index (χ4v) is 2.69. The van der Waals surface area contributed by atoms with Crippen molar-refractivity contribution in [1.82, 2.24) is 0 Å². The summed E-state index contributed by atoms with van der Waals surface area (Å²) >= 11 is 12.2. The van der Waals surface area contributed by atoms with E-state index in [1.165, 1.54) is 11.1 Å². The monoisotopic (exact) mass is 307 g/mol. The Morgan fingerprint density at radius 2 is 1.90 bits per heavy atom. The van der Waals surface area contributed by atoms with E-state index in [4.69, 9.17) is 28.9 Å². The molecule has 0 heterocycles. The first-order chi connectivity index (χ1) is 9.54. The molecule has 1 nitrogen and oxygen atoms in total. The molecular weight excluding hydrogens is 289 g/mol. The van der Waals surface area contributed by atoms with Crippen molar-refractivity contribution < 1.29 is 0 Å². The standard InChI is InChI=1S/C17H19Cl2N/c1-12-3-2-4-13(9-12)5-7-16(20)11-14-10-15(18)6-8-17(14)19/h2-4,6,8-10,16H,5,7,11,20H2,1H3.